The Morgan fingerprint density at radius 1 is 1.12 bits per heavy atom. The highest BCUT2D eigenvalue weighted by molar-refractivity contribution is 5.00. The highest BCUT2D eigenvalue weighted by Crippen LogP contribution is 2.12. The zero-order valence-corrected chi connectivity index (χ0v) is 11.4. The maximum Gasteiger partial charge on any atom is 0.0695 e. The van der Waals surface area contributed by atoms with Crippen molar-refractivity contribution in [3.63, 3.8) is 0 Å². The van der Waals surface area contributed by atoms with Gasteiger partial charge in [0.2, 0.25) is 0 Å². The molecule has 0 aliphatic carbocycles. The Bertz CT molecular complexity index is 209. The van der Waals surface area contributed by atoms with E-state index in [1.165, 1.54) is 44.9 Å². The number of rotatable bonds is 10. The molecule has 0 aliphatic heterocycles. The molecule has 1 atom stereocenters. The van der Waals surface area contributed by atoms with E-state index in [-0.39, 0.29) is 0 Å². The zero-order valence-electron chi connectivity index (χ0n) is 12.4. The maximum absolute atomic E-state index is 9.27. The van der Waals surface area contributed by atoms with Gasteiger partial charge < -0.3 is 5.11 Å². The van der Waals surface area contributed by atoms with Crippen LogP contribution < -0.4 is 0 Å². The van der Waals surface area contributed by atoms with Crippen molar-refractivity contribution in [3.8, 4) is 0 Å². The molecule has 1 heteroatoms. The van der Waals surface area contributed by atoms with Crippen LogP contribution >= 0.6 is 0 Å². The van der Waals surface area contributed by atoms with Crippen molar-refractivity contribution < 1.29 is 6.48 Å². The van der Waals surface area contributed by atoms with Crippen LogP contribution in [-0.2, 0) is 0 Å². The lowest BCUT2D eigenvalue weighted by molar-refractivity contribution is 0.243. The lowest BCUT2D eigenvalue weighted by atomic mass is 10.0. The number of hydrogen-bond donors (Lipinski definition) is 1. The average molecular weight is 227 g/mol. The summed E-state index contributed by atoms with van der Waals surface area (Å²) in [5.41, 5.74) is 1.05. The monoisotopic (exact) mass is 227 g/mol. The highest BCUT2D eigenvalue weighted by Gasteiger charge is 1.95. The SMILES string of the molecule is [2H]/C(=C(/C)CCCCCCCCCC)C(C)O. The summed E-state index contributed by atoms with van der Waals surface area (Å²) >= 11 is 0. The van der Waals surface area contributed by atoms with Crippen LogP contribution in [0.25, 0.3) is 0 Å². The second-order valence-electron chi connectivity index (χ2n) is 4.83. The number of aliphatic hydroxyl groups excluding tert-OH is 1. The molecule has 0 bridgehead atoms. The van der Waals surface area contributed by atoms with E-state index in [9.17, 15) is 5.11 Å². The molecule has 0 aromatic rings. The molecular weight excluding hydrogens is 196 g/mol. The van der Waals surface area contributed by atoms with Gasteiger partial charge in [0.05, 0.1) is 7.47 Å². The Morgan fingerprint density at radius 3 is 2.12 bits per heavy atom. The first-order chi connectivity index (χ1) is 8.09. The third-order valence-corrected chi connectivity index (χ3v) is 2.86. The minimum Gasteiger partial charge on any atom is -0.389 e. The van der Waals surface area contributed by atoms with E-state index in [1.807, 2.05) is 6.92 Å². The third kappa shape index (κ3) is 11.8. The van der Waals surface area contributed by atoms with Crippen LogP contribution in [0, 0.1) is 0 Å². The molecule has 0 fully saturated rings. The highest BCUT2D eigenvalue weighted by atomic mass is 16.3. The second kappa shape index (κ2) is 11.2. The minimum atomic E-state index is -0.607. The molecule has 1 unspecified atom stereocenters. The predicted octanol–water partition coefficient (Wildman–Crippen LogP) is 4.84. The van der Waals surface area contributed by atoms with E-state index >= 15 is 0 Å². The molecule has 0 heterocycles. The topological polar surface area (TPSA) is 20.2 Å². The van der Waals surface area contributed by atoms with E-state index < -0.39 is 6.10 Å². The summed E-state index contributed by atoms with van der Waals surface area (Å²) in [5, 5.41) is 9.27. The number of hydrogen-bond acceptors (Lipinski definition) is 1. The first kappa shape index (κ1) is 13.8. The quantitative estimate of drug-likeness (QED) is 0.418. The molecule has 0 aromatic heterocycles. The second-order valence-corrected chi connectivity index (χ2v) is 4.83. The Balaban J connectivity index is 3.43. The molecule has 96 valence electrons. The molecule has 0 rings (SSSR count). The minimum absolute atomic E-state index is 0.410. The van der Waals surface area contributed by atoms with Crippen LogP contribution in [0.4, 0.5) is 0 Å². The van der Waals surface area contributed by atoms with Crippen LogP contribution in [0.5, 0.6) is 0 Å². The molecule has 0 aromatic carbocycles. The zero-order chi connectivity index (χ0) is 13.1. The summed E-state index contributed by atoms with van der Waals surface area (Å²) in [6.07, 6.45) is 10.9. The fourth-order valence-corrected chi connectivity index (χ4v) is 1.95. The average Bonchev–Trinajstić information content (AvgIpc) is 2.31. The fraction of sp³-hybridized carbons (Fsp3) is 0.867. The van der Waals surface area contributed by atoms with Crippen molar-refractivity contribution in [1.29, 1.82) is 0 Å². The summed E-state index contributed by atoms with van der Waals surface area (Å²) in [6.45, 7) is 5.88. The molecule has 1 N–H and O–H groups in total. The standard InChI is InChI=1S/C15H30O/c1-4-5-6-7-8-9-10-11-12-14(2)13-15(3)16/h13,15-16H,4-12H2,1-3H3/b14-13+/i13D. The fourth-order valence-electron chi connectivity index (χ4n) is 1.95. The summed E-state index contributed by atoms with van der Waals surface area (Å²) in [4.78, 5) is 0. The van der Waals surface area contributed by atoms with E-state index in [0.29, 0.717) is 6.05 Å². The summed E-state index contributed by atoms with van der Waals surface area (Å²) in [5.74, 6) is 0. The van der Waals surface area contributed by atoms with E-state index in [4.69, 9.17) is 1.37 Å². The summed E-state index contributed by atoms with van der Waals surface area (Å²) in [6, 6.07) is 0.410. The van der Waals surface area contributed by atoms with Crippen LogP contribution in [-0.4, -0.2) is 11.2 Å². The number of allylic oxidation sites excluding steroid dienone is 1. The molecule has 0 aliphatic rings. The predicted molar refractivity (Wildman–Crippen MR) is 72.7 cm³/mol. The maximum atomic E-state index is 9.27. The van der Waals surface area contributed by atoms with E-state index in [0.717, 1.165) is 18.4 Å². The normalized spacial score (nSPS) is 15.6. The Kier molecular flexibility index (Phi) is 9.63. The third-order valence-electron chi connectivity index (χ3n) is 2.86. The largest absolute Gasteiger partial charge is 0.389 e. The van der Waals surface area contributed by atoms with E-state index in [2.05, 4.69) is 6.92 Å². The van der Waals surface area contributed by atoms with Crippen molar-refractivity contribution in [2.75, 3.05) is 0 Å². The van der Waals surface area contributed by atoms with E-state index in [1.54, 1.807) is 6.92 Å². The smallest absolute Gasteiger partial charge is 0.0695 e. The number of aliphatic hydroxyl groups is 1. The van der Waals surface area contributed by atoms with Crippen molar-refractivity contribution in [2.24, 2.45) is 0 Å². The van der Waals surface area contributed by atoms with Gasteiger partial charge in [0, 0.05) is 0 Å². The van der Waals surface area contributed by atoms with Gasteiger partial charge in [-0.25, -0.2) is 0 Å². The van der Waals surface area contributed by atoms with Gasteiger partial charge in [-0.3, -0.25) is 0 Å². The van der Waals surface area contributed by atoms with Gasteiger partial charge in [-0.1, -0.05) is 63.5 Å². The molecule has 1 nitrogen and oxygen atoms in total. The van der Waals surface area contributed by atoms with Crippen molar-refractivity contribution in [1.82, 2.24) is 0 Å². The Labute approximate surface area is 103 Å². The van der Waals surface area contributed by atoms with Crippen LogP contribution in [0.15, 0.2) is 11.6 Å². The first-order valence-corrected chi connectivity index (χ1v) is 6.93. The molecule has 0 saturated carbocycles. The lowest BCUT2D eigenvalue weighted by Crippen LogP contribution is -1.94. The Hall–Kier alpha value is -0.300. The van der Waals surface area contributed by atoms with Gasteiger partial charge in [0.25, 0.3) is 0 Å². The summed E-state index contributed by atoms with van der Waals surface area (Å²) < 4.78 is 7.65. The van der Waals surface area contributed by atoms with Crippen molar-refractivity contribution in [2.45, 2.75) is 84.7 Å². The van der Waals surface area contributed by atoms with Gasteiger partial charge >= 0.3 is 0 Å². The van der Waals surface area contributed by atoms with Crippen LogP contribution in [0.2, 0.25) is 0 Å². The lowest BCUT2D eigenvalue weighted by Gasteiger charge is -2.04. The molecule has 0 spiro atoms. The van der Waals surface area contributed by atoms with Gasteiger partial charge in [0.1, 0.15) is 0 Å². The van der Waals surface area contributed by atoms with Crippen LogP contribution in [0.3, 0.4) is 0 Å². The Morgan fingerprint density at radius 2 is 1.62 bits per heavy atom. The van der Waals surface area contributed by atoms with Gasteiger partial charge in [-0.05, 0) is 26.7 Å². The van der Waals surface area contributed by atoms with Crippen molar-refractivity contribution >= 4 is 0 Å². The molecule has 0 amide bonds. The van der Waals surface area contributed by atoms with Crippen LogP contribution in [0.1, 0.15) is 79.9 Å². The van der Waals surface area contributed by atoms with Gasteiger partial charge in [-0.15, -0.1) is 0 Å². The molecule has 0 saturated heterocycles. The van der Waals surface area contributed by atoms with Gasteiger partial charge in [0.15, 0.2) is 0 Å². The number of unbranched alkanes of at least 4 members (excludes halogenated alkanes) is 7. The van der Waals surface area contributed by atoms with Gasteiger partial charge in [-0.2, -0.15) is 0 Å². The first-order valence-electron chi connectivity index (χ1n) is 7.43. The molecule has 0 radical (unpaired) electrons. The molecular formula is C15H30O. The van der Waals surface area contributed by atoms with Crippen molar-refractivity contribution in [3.05, 3.63) is 11.6 Å². The molecule has 16 heavy (non-hydrogen) atoms. The summed E-state index contributed by atoms with van der Waals surface area (Å²) in [7, 11) is 0.